The minimum Gasteiger partial charge on any atom is -0.484 e. The van der Waals surface area contributed by atoms with Crippen molar-refractivity contribution in [1.82, 2.24) is 10.6 Å². The molecule has 0 aliphatic carbocycles. The van der Waals surface area contributed by atoms with Crippen molar-refractivity contribution in [2.24, 2.45) is 4.99 Å². The van der Waals surface area contributed by atoms with Gasteiger partial charge < -0.3 is 20.1 Å². The number of ether oxygens (including phenoxy) is 2. The summed E-state index contributed by atoms with van der Waals surface area (Å²) < 4.78 is 46.0. The lowest BCUT2D eigenvalue weighted by Gasteiger charge is -2.13. The Bertz CT molecular complexity index is 485. The number of hydrogen-bond donors (Lipinski definition) is 2. The Morgan fingerprint density at radius 1 is 1.26 bits per heavy atom. The highest BCUT2D eigenvalue weighted by atomic mass is 127. The smallest absolute Gasteiger partial charge is 0.422 e. The largest absolute Gasteiger partial charge is 0.484 e. The number of guanidine groups is 1. The molecule has 5 nitrogen and oxygen atoms in total. The van der Waals surface area contributed by atoms with Gasteiger partial charge in [-0.1, -0.05) is 12.1 Å². The molecule has 0 aliphatic heterocycles. The number of hydrogen-bond acceptors (Lipinski definition) is 3. The van der Waals surface area contributed by atoms with E-state index in [0.717, 1.165) is 5.56 Å². The van der Waals surface area contributed by atoms with Gasteiger partial charge >= 0.3 is 6.18 Å². The van der Waals surface area contributed by atoms with Crippen molar-refractivity contribution in [2.75, 3.05) is 33.9 Å². The first-order valence-electron chi connectivity index (χ1n) is 6.66. The Morgan fingerprint density at radius 2 is 2.00 bits per heavy atom. The summed E-state index contributed by atoms with van der Waals surface area (Å²) in [4.78, 5) is 4.02. The van der Waals surface area contributed by atoms with E-state index in [0.29, 0.717) is 25.7 Å². The van der Waals surface area contributed by atoms with Gasteiger partial charge in [0.2, 0.25) is 0 Å². The van der Waals surface area contributed by atoms with Crippen LogP contribution in [0, 0.1) is 0 Å². The van der Waals surface area contributed by atoms with Crippen LogP contribution in [0.2, 0.25) is 0 Å². The lowest BCUT2D eigenvalue weighted by atomic mass is 10.2. The quantitative estimate of drug-likeness (QED) is 0.292. The highest BCUT2D eigenvalue weighted by molar-refractivity contribution is 14.0. The Hall–Kier alpha value is -1.23. The van der Waals surface area contributed by atoms with Gasteiger partial charge in [0.1, 0.15) is 5.75 Å². The number of halogens is 4. The number of aliphatic imine (C=N–C) groups is 1. The average Bonchev–Trinajstić information content (AvgIpc) is 2.48. The Labute approximate surface area is 150 Å². The molecule has 0 heterocycles. The van der Waals surface area contributed by atoms with Gasteiger partial charge in [-0.2, -0.15) is 13.2 Å². The molecule has 0 aromatic heterocycles. The first-order chi connectivity index (χ1) is 10.4. The molecule has 1 rings (SSSR count). The number of rotatable bonds is 7. The standard InChI is InChI=1S/C14H20F3N3O2.HI/c1-18-13(19-6-7-21-2)20-9-11-4-3-5-12(8-11)22-10-14(15,16)17;/h3-5,8H,6-7,9-10H2,1-2H3,(H2,18,19,20);1H. The fraction of sp³-hybridized carbons (Fsp3) is 0.500. The summed E-state index contributed by atoms with van der Waals surface area (Å²) in [6.07, 6.45) is -4.35. The lowest BCUT2D eigenvalue weighted by Crippen LogP contribution is -2.38. The Morgan fingerprint density at radius 3 is 2.61 bits per heavy atom. The van der Waals surface area contributed by atoms with Crippen molar-refractivity contribution >= 4 is 29.9 Å². The van der Waals surface area contributed by atoms with Crippen molar-refractivity contribution in [1.29, 1.82) is 0 Å². The van der Waals surface area contributed by atoms with Crippen LogP contribution in [0.25, 0.3) is 0 Å². The SMILES string of the molecule is CN=C(NCCOC)NCc1cccc(OCC(F)(F)F)c1.I. The van der Waals surface area contributed by atoms with Crippen molar-refractivity contribution in [3.8, 4) is 5.75 Å². The molecule has 1 aromatic rings. The predicted molar refractivity (Wildman–Crippen MR) is 93.5 cm³/mol. The van der Waals surface area contributed by atoms with Crippen LogP contribution in [0.15, 0.2) is 29.3 Å². The molecule has 9 heteroatoms. The summed E-state index contributed by atoms with van der Waals surface area (Å²) in [7, 11) is 3.23. The second-order valence-electron chi connectivity index (χ2n) is 4.40. The van der Waals surface area contributed by atoms with Crippen molar-refractivity contribution in [3.05, 3.63) is 29.8 Å². The first kappa shape index (κ1) is 21.8. The third-order valence-corrected chi connectivity index (χ3v) is 2.58. The van der Waals surface area contributed by atoms with E-state index in [1.165, 1.54) is 6.07 Å². The molecule has 0 fully saturated rings. The summed E-state index contributed by atoms with van der Waals surface area (Å²) in [5.74, 6) is 0.762. The molecule has 0 aliphatic rings. The molecule has 0 amide bonds. The normalized spacial score (nSPS) is 11.6. The van der Waals surface area contributed by atoms with Crippen LogP contribution < -0.4 is 15.4 Å². The Balaban J connectivity index is 0.00000484. The van der Waals surface area contributed by atoms with Gasteiger partial charge in [0.15, 0.2) is 12.6 Å². The van der Waals surface area contributed by atoms with Crippen molar-refractivity contribution in [3.63, 3.8) is 0 Å². The van der Waals surface area contributed by atoms with Gasteiger partial charge in [0.05, 0.1) is 6.61 Å². The van der Waals surface area contributed by atoms with E-state index < -0.39 is 12.8 Å². The summed E-state index contributed by atoms with van der Waals surface area (Å²) in [6, 6.07) is 6.47. The number of benzene rings is 1. The van der Waals surface area contributed by atoms with Gasteiger partial charge in [-0.05, 0) is 17.7 Å². The fourth-order valence-corrected chi connectivity index (χ4v) is 1.59. The fourth-order valence-electron chi connectivity index (χ4n) is 1.59. The summed E-state index contributed by atoms with van der Waals surface area (Å²) >= 11 is 0. The van der Waals surface area contributed by atoms with E-state index >= 15 is 0 Å². The maximum absolute atomic E-state index is 12.1. The minimum absolute atomic E-state index is 0. The summed E-state index contributed by atoms with van der Waals surface area (Å²) in [5.41, 5.74) is 0.786. The molecule has 0 spiro atoms. The van der Waals surface area contributed by atoms with Gasteiger partial charge in [-0.15, -0.1) is 24.0 Å². The molecule has 0 saturated carbocycles. The summed E-state index contributed by atoms with van der Waals surface area (Å²) in [5, 5.41) is 6.08. The average molecular weight is 447 g/mol. The van der Waals surface area contributed by atoms with E-state index in [2.05, 4.69) is 15.6 Å². The monoisotopic (exact) mass is 447 g/mol. The third kappa shape index (κ3) is 10.2. The van der Waals surface area contributed by atoms with Crippen LogP contribution in [0.1, 0.15) is 5.56 Å². The van der Waals surface area contributed by atoms with Crippen LogP contribution in [-0.2, 0) is 11.3 Å². The molecule has 2 N–H and O–H groups in total. The second-order valence-corrected chi connectivity index (χ2v) is 4.40. The topological polar surface area (TPSA) is 54.9 Å². The second kappa shape index (κ2) is 11.3. The van der Waals surface area contributed by atoms with Gasteiger partial charge in [0.25, 0.3) is 0 Å². The van der Waals surface area contributed by atoms with Gasteiger partial charge in [-0.25, -0.2) is 0 Å². The van der Waals surface area contributed by atoms with E-state index in [9.17, 15) is 13.2 Å². The zero-order valence-electron chi connectivity index (χ0n) is 12.9. The molecule has 0 radical (unpaired) electrons. The zero-order chi connectivity index (χ0) is 16.4. The highest BCUT2D eigenvalue weighted by Crippen LogP contribution is 2.19. The molecular weight excluding hydrogens is 426 g/mol. The molecule has 0 unspecified atom stereocenters. The van der Waals surface area contributed by atoms with Gasteiger partial charge in [0, 0.05) is 27.2 Å². The predicted octanol–water partition coefficient (Wildman–Crippen LogP) is 2.56. The number of methoxy groups -OCH3 is 1. The van der Waals surface area contributed by atoms with Crippen LogP contribution in [-0.4, -0.2) is 46.1 Å². The zero-order valence-corrected chi connectivity index (χ0v) is 15.3. The first-order valence-corrected chi connectivity index (χ1v) is 6.66. The van der Waals surface area contributed by atoms with Crippen LogP contribution in [0.5, 0.6) is 5.75 Å². The molecule has 0 atom stereocenters. The highest BCUT2D eigenvalue weighted by Gasteiger charge is 2.28. The maximum atomic E-state index is 12.1. The number of nitrogens with zero attached hydrogens (tertiary/aromatic N) is 1. The minimum atomic E-state index is -4.35. The number of nitrogens with one attached hydrogen (secondary N) is 2. The molecule has 1 aromatic carbocycles. The van der Waals surface area contributed by atoms with E-state index in [4.69, 9.17) is 9.47 Å². The maximum Gasteiger partial charge on any atom is 0.422 e. The van der Waals surface area contributed by atoms with Gasteiger partial charge in [-0.3, -0.25) is 4.99 Å². The summed E-state index contributed by atoms with van der Waals surface area (Å²) in [6.45, 7) is 0.256. The van der Waals surface area contributed by atoms with Crippen LogP contribution >= 0.6 is 24.0 Å². The van der Waals surface area contributed by atoms with Crippen LogP contribution in [0.4, 0.5) is 13.2 Å². The number of alkyl halides is 3. The molecule has 23 heavy (non-hydrogen) atoms. The molecular formula is C14H21F3IN3O2. The third-order valence-electron chi connectivity index (χ3n) is 2.58. The molecule has 0 saturated heterocycles. The molecule has 0 bridgehead atoms. The molecule has 132 valence electrons. The lowest BCUT2D eigenvalue weighted by molar-refractivity contribution is -0.153. The van der Waals surface area contributed by atoms with Crippen LogP contribution in [0.3, 0.4) is 0 Å². The van der Waals surface area contributed by atoms with E-state index in [1.54, 1.807) is 32.4 Å². The van der Waals surface area contributed by atoms with E-state index in [-0.39, 0.29) is 29.7 Å². The van der Waals surface area contributed by atoms with E-state index in [1.807, 2.05) is 0 Å². The van der Waals surface area contributed by atoms with Crippen molar-refractivity contribution < 1.29 is 22.6 Å². The van der Waals surface area contributed by atoms with Crippen molar-refractivity contribution in [2.45, 2.75) is 12.7 Å². The Kier molecular flexibility index (Phi) is 10.7.